The Hall–Kier alpha value is -2.05. The minimum Gasteiger partial charge on any atom is -0.339 e. The van der Waals surface area contributed by atoms with Crippen molar-refractivity contribution in [3.8, 4) is 0 Å². The average Bonchev–Trinajstić information content (AvgIpc) is 2.38. The monoisotopic (exact) mass is 286 g/mol. The summed E-state index contributed by atoms with van der Waals surface area (Å²) in [6.07, 6.45) is 0. The molecule has 1 aromatic carbocycles. The summed E-state index contributed by atoms with van der Waals surface area (Å²) >= 11 is 0. The lowest BCUT2D eigenvalue weighted by Gasteiger charge is -2.27. The number of carbonyl (C=O) groups is 1. The molecule has 0 saturated carbocycles. The van der Waals surface area contributed by atoms with Crippen LogP contribution in [0.25, 0.3) is 0 Å². The predicted octanol–water partition coefficient (Wildman–Crippen LogP) is 2.99. The largest absolute Gasteiger partial charge is 0.339 e. The standard InChI is InChI=1S/C13H16F2N2O3/c1-7(2)8(3)16(4)13(18)9-5-10(14)11(15)6-12(9)17(19)20/h5-8H,1-4H3. The molecule has 0 aliphatic heterocycles. The second-order valence-electron chi connectivity index (χ2n) is 4.94. The van der Waals surface area contributed by atoms with Crippen molar-refractivity contribution in [2.75, 3.05) is 7.05 Å². The van der Waals surface area contributed by atoms with Crippen LogP contribution < -0.4 is 0 Å². The van der Waals surface area contributed by atoms with Gasteiger partial charge in [-0.25, -0.2) is 8.78 Å². The van der Waals surface area contributed by atoms with Gasteiger partial charge in [-0.05, 0) is 18.9 Å². The van der Waals surface area contributed by atoms with Crippen LogP contribution in [0.3, 0.4) is 0 Å². The first-order valence-electron chi connectivity index (χ1n) is 6.07. The van der Waals surface area contributed by atoms with E-state index < -0.39 is 33.7 Å². The number of nitro groups is 1. The average molecular weight is 286 g/mol. The van der Waals surface area contributed by atoms with E-state index in [9.17, 15) is 23.7 Å². The maximum absolute atomic E-state index is 13.2. The fourth-order valence-electron chi connectivity index (χ4n) is 1.68. The predicted molar refractivity (Wildman–Crippen MR) is 69.4 cm³/mol. The normalized spacial score (nSPS) is 12.3. The SMILES string of the molecule is CC(C)C(C)N(C)C(=O)c1cc(F)c(F)cc1[N+](=O)[O-]. The van der Waals surface area contributed by atoms with E-state index in [4.69, 9.17) is 0 Å². The Morgan fingerprint density at radius 2 is 1.75 bits per heavy atom. The zero-order valence-electron chi connectivity index (χ0n) is 11.7. The molecule has 1 aromatic rings. The molecule has 0 N–H and O–H groups in total. The third kappa shape index (κ3) is 3.09. The molecule has 0 fully saturated rings. The summed E-state index contributed by atoms with van der Waals surface area (Å²) in [5, 5.41) is 10.9. The molecular weight excluding hydrogens is 270 g/mol. The zero-order valence-corrected chi connectivity index (χ0v) is 11.7. The summed E-state index contributed by atoms with van der Waals surface area (Å²) in [7, 11) is 1.47. The van der Waals surface area contributed by atoms with Crippen molar-refractivity contribution in [2.24, 2.45) is 5.92 Å². The quantitative estimate of drug-likeness (QED) is 0.631. The summed E-state index contributed by atoms with van der Waals surface area (Å²) in [6, 6.07) is 0.797. The first kappa shape index (κ1) is 16.0. The molecule has 1 unspecified atom stereocenters. The molecule has 0 heterocycles. The van der Waals surface area contributed by atoms with Crippen LogP contribution in [-0.2, 0) is 0 Å². The molecule has 110 valence electrons. The van der Waals surface area contributed by atoms with E-state index in [1.54, 1.807) is 6.92 Å². The molecule has 1 rings (SSSR count). The van der Waals surface area contributed by atoms with Crippen LogP contribution in [0.15, 0.2) is 12.1 Å². The molecule has 0 aliphatic rings. The van der Waals surface area contributed by atoms with Crippen molar-refractivity contribution in [1.82, 2.24) is 4.90 Å². The molecule has 0 radical (unpaired) electrons. The van der Waals surface area contributed by atoms with Gasteiger partial charge in [-0.15, -0.1) is 0 Å². The van der Waals surface area contributed by atoms with Gasteiger partial charge in [0.05, 0.1) is 11.0 Å². The van der Waals surface area contributed by atoms with Crippen LogP contribution in [0.5, 0.6) is 0 Å². The van der Waals surface area contributed by atoms with Crippen LogP contribution in [0.1, 0.15) is 31.1 Å². The van der Waals surface area contributed by atoms with E-state index in [1.165, 1.54) is 11.9 Å². The lowest BCUT2D eigenvalue weighted by molar-refractivity contribution is -0.385. The highest BCUT2D eigenvalue weighted by Gasteiger charge is 2.28. The lowest BCUT2D eigenvalue weighted by Crippen LogP contribution is -2.38. The van der Waals surface area contributed by atoms with Crippen LogP contribution in [0.2, 0.25) is 0 Å². The number of nitro benzene ring substituents is 1. The van der Waals surface area contributed by atoms with E-state index in [1.807, 2.05) is 13.8 Å². The summed E-state index contributed by atoms with van der Waals surface area (Å²) in [6.45, 7) is 5.54. The van der Waals surface area contributed by atoms with Crippen molar-refractivity contribution in [1.29, 1.82) is 0 Å². The van der Waals surface area contributed by atoms with E-state index >= 15 is 0 Å². The van der Waals surface area contributed by atoms with E-state index in [0.29, 0.717) is 12.1 Å². The molecule has 5 nitrogen and oxygen atoms in total. The first-order valence-corrected chi connectivity index (χ1v) is 6.07. The summed E-state index contributed by atoms with van der Waals surface area (Å²) in [5.41, 5.74) is -1.19. The number of halogens is 2. The number of rotatable bonds is 4. The van der Waals surface area contributed by atoms with E-state index in [-0.39, 0.29) is 12.0 Å². The smallest absolute Gasteiger partial charge is 0.285 e. The number of benzene rings is 1. The molecule has 0 bridgehead atoms. The molecule has 20 heavy (non-hydrogen) atoms. The Morgan fingerprint density at radius 3 is 2.20 bits per heavy atom. The molecule has 0 aromatic heterocycles. The van der Waals surface area contributed by atoms with Gasteiger partial charge in [-0.1, -0.05) is 13.8 Å². The van der Waals surface area contributed by atoms with Gasteiger partial charge in [0.2, 0.25) is 0 Å². The van der Waals surface area contributed by atoms with Crippen molar-refractivity contribution in [2.45, 2.75) is 26.8 Å². The van der Waals surface area contributed by atoms with Gasteiger partial charge in [0.1, 0.15) is 5.56 Å². The van der Waals surface area contributed by atoms with Gasteiger partial charge in [0.15, 0.2) is 11.6 Å². The van der Waals surface area contributed by atoms with Crippen LogP contribution in [-0.4, -0.2) is 28.8 Å². The van der Waals surface area contributed by atoms with Gasteiger partial charge < -0.3 is 4.90 Å². The number of amides is 1. The Bertz CT molecular complexity index is 547. The van der Waals surface area contributed by atoms with Crippen molar-refractivity contribution >= 4 is 11.6 Å². The molecule has 0 aliphatic carbocycles. The van der Waals surface area contributed by atoms with Gasteiger partial charge >= 0.3 is 0 Å². The minimum atomic E-state index is -1.35. The fourth-order valence-corrected chi connectivity index (χ4v) is 1.68. The Balaban J connectivity index is 3.28. The highest BCUT2D eigenvalue weighted by molar-refractivity contribution is 5.98. The Labute approximate surface area is 115 Å². The highest BCUT2D eigenvalue weighted by atomic mass is 19.2. The zero-order chi connectivity index (χ0) is 15.6. The maximum atomic E-state index is 13.2. The second-order valence-corrected chi connectivity index (χ2v) is 4.94. The van der Waals surface area contributed by atoms with Crippen molar-refractivity contribution in [3.05, 3.63) is 39.4 Å². The molecule has 1 atom stereocenters. The molecule has 1 amide bonds. The van der Waals surface area contributed by atoms with Gasteiger partial charge in [-0.2, -0.15) is 0 Å². The Morgan fingerprint density at radius 1 is 1.25 bits per heavy atom. The van der Waals surface area contributed by atoms with E-state index in [2.05, 4.69) is 0 Å². The third-order valence-electron chi connectivity index (χ3n) is 3.36. The van der Waals surface area contributed by atoms with Crippen molar-refractivity contribution in [3.63, 3.8) is 0 Å². The van der Waals surface area contributed by atoms with Gasteiger partial charge in [0.25, 0.3) is 11.6 Å². The van der Waals surface area contributed by atoms with Crippen molar-refractivity contribution < 1.29 is 18.5 Å². The third-order valence-corrected chi connectivity index (χ3v) is 3.36. The summed E-state index contributed by atoms with van der Waals surface area (Å²) in [4.78, 5) is 23.5. The lowest BCUT2D eigenvalue weighted by atomic mass is 10.0. The second kappa shape index (κ2) is 5.94. The number of nitrogens with zero attached hydrogens (tertiary/aromatic N) is 2. The topological polar surface area (TPSA) is 63.5 Å². The van der Waals surface area contributed by atoms with Crippen LogP contribution >= 0.6 is 0 Å². The maximum Gasteiger partial charge on any atom is 0.285 e. The number of hydrogen-bond donors (Lipinski definition) is 0. The molecule has 0 saturated heterocycles. The van der Waals surface area contributed by atoms with Crippen LogP contribution in [0.4, 0.5) is 14.5 Å². The van der Waals surface area contributed by atoms with Gasteiger partial charge in [0, 0.05) is 13.1 Å². The van der Waals surface area contributed by atoms with E-state index in [0.717, 1.165) is 0 Å². The van der Waals surface area contributed by atoms with Crippen LogP contribution in [0, 0.1) is 27.7 Å². The molecule has 7 heteroatoms. The Kier molecular flexibility index (Phi) is 4.75. The molecular formula is C13H16F2N2O3. The molecule has 0 spiro atoms. The number of hydrogen-bond acceptors (Lipinski definition) is 3. The first-order chi connectivity index (χ1) is 9.16. The summed E-state index contributed by atoms with van der Waals surface area (Å²) < 4.78 is 26.3. The summed E-state index contributed by atoms with van der Waals surface area (Å²) in [5.74, 6) is -3.23. The number of carbonyl (C=O) groups excluding carboxylic acids is 1. The highest BCUT2D eigenvalue weighted by Crippen LogP contribution is 2.24. The fraction of sp³-hybridized carbons (Fsp3) is 0.462. The van der Waals surface area contributed by atoms with Gasteiger partial charge in [-0.3, -0.25) is 14.9 Å². The minimum absolute atomic E-state index is 0.119.